The summed E-state index contributed by atoms with van der Waals surface area (Å²) in [6, 6.07) is 0.486. The molecule has 2 fully saturated rings. The van der Waals surface area contributed by atoms with Gasteiger partial charge in [-0.15, -0.1) is 0 Å². The number of likely N-dealkylation sites (N-methyl/N-ethyl adjacent to an activating group) is 2. The molecule has 21 heavy (non-hydrogen) atoms. The maximum Gasteiger partial charge on any atom is 0.211 e. The highest BCUT2D eigenvalue weighted by molar-refractivity contribution is 7.88. The number of piperidine rings is 1. The van der Waals surface area contributed by atoms with E-state index in [4.69, 9.17) is 5.73 Å². The van der Waals surface area contributed by atoms with Crippen LogP contribution in [0, 0.1) is 5.92 Å². The molecule has 0 aromatic rings. The SMILES string of the molecule is CN1CCN(C)C(C(N)CC2CCCN(S(C)(=O)=O)C2)C1. The molecule has 124 valence electrons. The van der Waals surface area contributed by atoms with E-state index in [1.165, 1.54) is 6.26 Å². The van der Waals surface area contributed by atoms with E-state index >= 15 is 0 Å². The minimum absolute atomic E-state index is 0.113. The van der Waals surface area contributed by atoms with Crippen LogP contribution in [0.3, 0.4) is 0 Å². The van der Waals surface area contributed by atoms with Crippen molar-refractivity contribution in [2.75, 3.05) is 53.1 Å². The molecule has 3 atom stereocenters. The molecule has 2 N–H and O–H groups in total. The summed E-state index contributed by atoms with van der Waals surface area (Å²) in [6.07, 6.45) is 4.25. The molecule has 0 aromatic carbocycles. The molecule has 0 aromatic heterocycles. The van der Waals surface area contributed by atoms with Gasteiger partial charge in [0.25, 0.3) is 0 Å². The lowest BCUT2D eigenvalue weighted by Gasteiger charge is -2.42. The molecule has 6 nitrogen and oxygen atoms in total. The van der Waals surface area contributed by atoms with Crippen LogP contribution in [0.25, 0.3) is 0 Å². The predicted molar refractivity (Wildman–Crippen MR) is 85.6 cm³/mol. The first-order chi connectivity index (χ1) is 9.77. The van der Waals surface area contributed by atoms with Gasteiger partial charge in [-0.25, -0.2) is 12.7 Å². The second-order valence-corrected chi connectivity index (χ2v) is 8.82. The second kappa shape index (κ2) is 6.91. The highest BCUT2D eigenvalue weighted by Gasteiger charge is 2.32. The van der Waals surface area contributed by atoms with Crippen molar-refractivity contribution in [2.24, 2.45) is 11.7 Å². The van der Waals surface area contributed by atoms with Gasteiger partial charge in [-0.3, -0.25) is 4.90 Å². The Morgan fingerprint density at radius 3 is 2.57 bits per heavy atom. The van der Waals surface area contributed by atoms with E-state index in [2.05, 4.69) is 23.9 Å². The monoisotopic (exact) mass is 318 g/mol. The molecule has 0 radical (unpaired) electrons. The van der Waals surface area contributed by atoms with Crippen molar-refractivity contribution < 1.29 is 8.42 Å². The fourth-order valence-corrected chi connectivity index (χ4v) is 4.51. The summed E-state index contributed by atoms with van der Waals surface area (Å²) in [5.41, 5.74) is 6.45. The van der Waals surface area contributed by atoms with E-state index in [1.807, 2.05) is 0 Å². The van der Waals surface area contributed by atoms with Crippen LogP contribution >= 0.6 is 0 Å². The van der Waals surface area contributed by atoms with Gasteiger partial charge in [0.05, 0.1) is 6.26 Å². The third-order valence-corrected chi connectivity index (χ3v) is 6.22. The lowest BCUT2D eigenvalue weighted by Crippen LogP contribution is -2.58. The summed E-state index contributed by atoms with van der Waals surface area (Å²) in [4.78, 5) is 4.68. The quantitative estimate of drug-likeness (QED) is 0.765. The minimum Gasteiger partial charge on any atom is -0.326 e. The summed E-state index contributed by atoms with van der Waals surface area (Å²) in [5, 5.41) is 0. The Bertz CT molecular complexity index is 442. The average Bonchev–Trinajstić information content (AvgIpc) is 2.41. The lowest BCUT2D eigenvalue weighted by atomic mass is 9.89. The first kappa shape index (κ1) is 17.1. The maximum absolute atomic E-state index is 11.7. The Morgan fingerprint density at radius 1 is 1.19 bits per heavy atom. The molecule has 0 spiro atoms. The Labute approximate surface area is 129 Å². The van der Waals surface area contributed by atoms with Crippen LogP contribution < -0.4 is 5.73 Å². The summed E-state index contributed by atoms with van der Waals surface area (Å²) in [7, 11) is 1.21. The summed E-state index contributed by atoms with van der Waals surface area (Å²) in [5.74, 6) is 0.393. The smallest absolute Gasteiger partial charge is 0.211 e. The first-order valence-electron chi connectivity index (χ1n) is 7.87. The Morgan fingerprint density at radius 2 is 1.90 bits per heavy atom. The number of piperazine rings is 1. The molecular formula is C14H30N4O2S. The van der Waals surface area contributed by atoms with E-state index in [9.17, 15) is 8.42 Å². The van der Waals surface area contributed by atoms with Crippen molar-refractivity contribution in [3.05, 3.63) is 0 Å². The Balaban J connectivity index is 1.91. The lowest BCUT2D eigenvalue weighted by molar-refractivity contribution is 0.0872. The van der Waals surface area contributed by atoms with Gasteiger partial charge < -0.3 is 10.6 Å². The van der Waals surface area contributed by atoms with Crippen molar-refractivity contribution >= 4 is 10.0 Å². The van der Waals surface area contributed by atoms with Crippen molar-refractivity contribution in [2.45, 2.75) is 31.3 Å². The molecular weight excluding hydrogens is 288 g/mol. The van der Waals surface area contributed by atoms with Crippen LogP contribution in [0.2, 0.25) is 0 Å². The Kier molecular flexibility index (Phi) is 5.65. The molecule has 2 saturated heterocycles. The van der Waals surface area contributed by atoms with E-state index in [0.717, 1.165) is 38.9 Å². The van der Waals surface area contributed by atoms with Crippen LogP contribution in [-0.4, -0.2) is 87.7 Å². The molecule has 2 heterocycles. The maximum atomic E-state index is 11.7. The van der Waals surface area contributed by atoms with Crippen molar-refractivity contribution in [1.29, 1.82) is 0 Å². The topological polar surface area (TPSA) is 69.9 Å². The number of hydrogen-bond donors (Lipinski definition) is 1. The fourth-order valence-electron chi connectivity index (χ4n) is 3.57. The average molecular weight is 318 g/mol. The van der Waals surface area contributed by atoms with Gasteiger partial charge >= 0.3 is 0 Å². The minimum atomic E-state index is -3.07. The number of hydrogen-bond acceptors (Lipinski definition) is 5. The number of nitrogens with two attached hydrogens (primary N) is 1. The van der Waals surface area contributed by atoms with Crippen molar-refractivity contribution in [3.63, 3.8) is 0 Å². The molecule has 3 unspecified atom stereocenters. The van der Waals surface area contributed by atoms with Crippen LogP contribution in [0.5, 0.6) is 0 Å². The third-order valence-electron chi connectivity index (χ3n) is 4.95. The molecule has 2 rings (SSSR count). The van der Waals surface area contributed by atoms with E-state index < -0.39 is 10.0 Å². The molecule has 0 aliphatic carbocycles. The molecule has 7 heteroatoms. The highest BCUT2D eigenvalue weighted by Crippen LogP contribution is 2.24. The van der Waals surface area contributed by atoms with Crippen molar-refractivity contribution in [1.82, 2.24) is 14.1 Å². The van der Waals surface area contributed by atoms with Crippen LogP contribution in [0.1, 0.15) is 19.3 Å². The largest absolute Gasteiger partial charge is 0.326 e. The fraction of sp³-hybridized carbons (Fsp3) is 1.00. The van der Waals surface area contributed by atoms with Crippen LogP contribution in [0.4, 0.5) is 0 Å². The molecule has 2 aliphatic rings. The molecule has 0 bridgehead atoms. The summed E-state index contributed by atoms with van der Waals surface area (Å²) >= 11 is 0. The van der Waals surface area contributed by atoms with Gasteiger partial charge in [0.2, 0.25) is 10.0 Å². The normalized spacial score (nSPS) is 32.2. The first-order valence-corrected chi connectivity index (χ1v) is 9.71. The molecule has 0 amide bonds. The molecule has 2 aliphatic heterocycles. The van der Waals surface area contributed by atoms with E-state index in [0.29, 0.717) is 25.0 Å². The summed E-state index contributed by atoms with van der Waals surface area (Å²) in [6.45, 7) is 4.44. The highest BCUT2D eigenvalue weighted by atomic mass is 32.2. The van der Waals surface area contributed by atoms with Crippen LogP contribution in [-0.2, 0) is 10.0 Å². The zero-order valence-corrected chi connectivity index (χ0v) is 14.3. The van der Waals surface area contributed by atoms with Gasteiger partial charge in [0, 0.05) is 44.8 Å². The van der Waals surface area contributed by atoms with Crippen LogP contribution in [0.15, 0.2) is 0 Å². The molecule has 0 saturated carbocycles. The zero-order valence-electron chi connectivity index (χ0n) is 13.5. The van der Waals surface area contributed by atoms with Crippen molar-refractivity contribution in [3.8, 4) is 0 Å². The Hall–Kier alpha value is -0.210. The zero-order chi connectivity index (χ0) is 15.6. The van der Waals surface area contributed by atoms with Gasteiger partial charge in [-0.2, -0.15) is 0 Å². The summed E-state index contributed by atoms with van der Waals surface area (Å²) < 4.78 is 25.0. The predicted octanol–water partition coefficient (Wildman–Crippen LogP) is -0.379. The van der Waals surface area contributed by atoms with Gasteiger partial charge in [0.15, 0.2) is 0 Å². The van der Waals surface area contributed by atoms with E-state index in [1.54, 1.807) is 4.31 Å². The number of sulfonamides is 1. The van der Waals surface area contributed by atoms with Gasteiger partial charge in [-0.1, -0.05) is 0 Å². The number of nitrogens with zero attached hydrogens (tertiary/aromatic N) is 3. The second-order valence-electron chi connectivity index (χ2n) is 6.84. The third kappa shape index (κ3) is 4.63. The van der Waals surface area contributed by atoms with Gasteiger partial charge in [0.1, 0.15) is 0 Å². The number of rotatable bonds is 4. The standard InChI is InChI=1S/C14H30N4O2S/c1-16-7-8-17(2)14(11-16)13(15)9-12-5-4-6-18(10-12)21(3,19)20/h12-14H,4-11,15H2,1-3H3. The van der Waals surface area contributed by atoms with E-state index in [-0.39, 0.29) is 6.04 Å². The van der Waals surface area contributed by atoms with Gasteiger partial charge in [-0.05, 0) is 39.3 Å².